The SMILES string of the molecule is COC(=O)[C@H](C)NC(=O)c1cc2c([nH]c3ccccc32)c(C)n1. The molecule has 2 heterocycles. The number of esters is 1. The molecule has 1 amide bonds. The fraction of sp³-hybridized carbons (Fsp3) is 0.235. The van der Waals surface area contributed by atoms with Crippen LogP contribution in [-0.4, -0.2) is 35.0 Å². The molecule has 0 unspecified atom stereocenters. The maximum Gasteiger partial charge on any atom is 0.328 e. The van der Waals surface area contributed by atoms with E-state index in [1.54, 1.807) is 13.0 Å². The number of rotatable bonds is 3. The number of pyridine rings is 1. The molecule has 1 aromatic carbocycles. The van der Waals surface area contributed by atoms with Gasteiger partial charge in [-0.25, -0.2) is 9.78 Å². The van der Waals surface area contributed by atoms with Crippen molar-refractivity contribution in [3.63, 3.8) is 0 Å². The average molecular weight is 311 g/mol. The highest BCUT2D eigenvalue weighted by molar-refractivity contribution is 6.10. The molecule has 0 saturated heterocycles. The van der Waals surface area contributed by atoms with Crippen LogP contribution in [-0.2, 0) is 9.53 Å². The number of aryl methyl sites for hydroxylation is 1. The van der Waals surface area contributed by atoms with Crippen LogP contribution < -0.4 is 5.32 Å². The second-order valence-electron chi connectivity index (χ2n) is 5.40. The smallest absolute Gasteiger partial charge is 0.328 e. The zero-order chi connectivity index (χ0) is 16.6. The lowest BCUT2D eigenvalue weighted by molar-refractivity contribution is -0.142. The Bertz CT molecular complexity index is 914. The zero-order valence-electron chi connectivity index (χ0n) is 13.1. The molecule has 0 fully saturated rings. The van der Waals surface area contributed by atoms with Crippen LogP contribution in [0, 0.1) is 6.92 Å². The monoisotopic (exact) mass is 311 g/mol. The predicted octanol–water partition coefficient (Wildman–Crippen LogP) is 2.32. The molecule has 2 N–H and O–H groups in total. The number of nitrogens with zero attached hydrogens (tertiary/aromatic N) is 1. The van der Waals surface area contributed by atoms with Gasteiger partial charge in [0.25, 0.3) is 5.91 Å². The van der Waals surface area contributed by atoms with Gasteiger partial charge < -0.3 is 15.0 Å². The Morgan fingerprint density at radius 3 is 2.74 bits per heavy atom. The number of amides is 1. The largest absolute Gasteiger partial charge is 0.467 e. The van der Waals surface area contributed by atoms with Crippen molar-refractivity contribution in [1.29, 1.82) is 0 Å². The van der Waals surface area contributed by atoms with Gasteiger partial charge in [-0.1, -0.05) is 18.2 Å². The van der Waals surface area contributed by atoms with Crippen molar-refractivity contribution in [2.75, 3.05) is 7.11 Å². The minimum atomic E-state index is -0.728. The van der Waals surface area contributed by atoms with E-state index in [-0.39, 0.29) is 5.69 Å². The number of methoxy groups -OCH3 is 1. The number of aromatic nitrogens is 2. The van der Waals surface area contributed by atoms with Crippen LogP contribution in [0.2, 0.25) is 0 Å². The molecule has 6 heteroatoms. The number of carbonyl (C=O) groups is 2. The van der Waals surface area contributed by atoms with Gasteiger partial charge in [-0.05, 0) is 26.0 Å². The van der Waals surface area contributed by atoms with Crippen LogP contribution in [0.5, 0.6) is 0 Å². The Hall–Kier alpha value is -2.89. The van der Waals surface area contributed by atoms with Gasteiger partial charge in [0.1, 0.15) is 11.7 Å². The van der Waals surface area contributed by atoms with Crippen LogP contribution in [0.25, 0.3) is 21.8 Å². The summed E-state index contributed by atoms with van der Waals surface area (Å²) in [6.07, 6.45) is 0. The van der Waals surface area contributed by atoms with Gasteiger partial charge in [-0.2, -0.15) is 0 Å². The fourth-order valence-corrected chi connectivity index (χ4v) is 2.63. The van der Waals surface area contributed by atoms with E-state index in [4.69, 9.17) is 0 Å². The second-order valence-corrected chi connectivity index (χ2v) is 5.40. The highest BCUT2D eigenvalue weighted by Crippen LogP contribution is 2.27. The molecule has 0 saturated carbocycles. The Kier molecular flexibility index (Phi) is 3.73. The number of carbonyl (C=O) groups excluding carboxylic acids is 2. The van der Waals surface area contributed by atoms with Crippen LogP contribution in [0.15, 0.2) is 30.3 Å². The number of ether oxygens (including phenoxy) is 1. The van der Waals surface area contributed by atoms with Crippen LogP contribution in [0.3, 0.4) is 0 Å². The van der Waals surface area contributed by atoms with Gasteiger partial charge in [0.05, 0.1) is 18.3 Å². The molecule has 1 atom stereocenters. The molecule has 0 aliphatic rings. The van der Waals surface area contributed by atoms with E-state index in [1.807, 2.05) is 31.2 Å². The van der Waals surface area contributed by atoms with Gasteiger partial charge in [0, 0.05) is 16.3 Å². The first kappa shape index (κ1) is 15.0. The molecular weight excluding hydrogens is 294 g/mol. The summed E-state index contributed by atoms with van der Waals surface area (Å²) < 4.78 is 4.61. The lowest BCUT2D eigenvalue weighted by atomic mass is 10.1. The first-order valence-corrected chi connectivity index (χ1v) is 7.28. The number of hydrogen-bond acceptors (Lipinski definition) is 4. The molecule has 0 radical (unpaired) electrons. The third kappa shape index (κ3) is 2.63. The van der Waals surface area contributed by atoms with E-state index >= 15 is 0 Å². The molecule has 0 spiro atoms. The predicted molar refractivity (Wildman–Crippen MR) is 87.3 cm³/mol. The number of H-pyrrole nitrogens is 1. The molecule has 3 rings (SSSR count). The van der Waals surface area contributed by atoms with Crippen LogP contribution in [0.4, 0.5) is 0 Å². The minimum Gasteiger partial charge on any atom is -0.467 e. The molecule has 0 bridgehead atoms. The third-order valence-corrected chi connectivity index (χ3v) is 3.81. The quantitative estimate of drug-likeness (QED) is 0.727. The van der Waals surface area contributed by atoms with Gasteiger partial charge in [0.2, 0.25) is 0 Å². The third-order valence-electron chi connectivity index (χ3n) is 3.81. The zero-order valence-corrected chi connectivity index (χ0v) is 13.1. The Morgan fingerprint density at radius 1 is 1.26 bits per heavy atom. The van der Waals surface area contributed by atoms with Crippen molar-refractivity contribution >= 4 is 33.7 Å². The molecular formula is C17H17N3O3. The molecule has 2 aromatic heterocycles. The van der Waals surface area contributed by atoms with Crippen LogP contribution in [0.1, 0.15) is 23.1 Å². The first-order valence-electron chi connectivity index (χ1n) is 7.28. The molecule has 6 nitrogen and oxygen atoms in total. The molecule has 3 aromatic rings. The summed E-state index contributed by atoms with van der Waals surface area (Å²) in [6, 6.07) is 8.88. The van der Waals surface area contributed by atoms with E-state index in [2.05, 4.69) is 20.0 Å². The summed E-state index contributed by atoms with van der Waals surface area (Å²) in [4.78, 5) is 31.4. The first-order chi connectivity index (χ1) is 11.0. The van der Waals surface area contributed by atoms with Crippen molar-refractivity contribution in [3.05, 3.63) is 41.7 Å². The van der Waals surface area contributed by atoms with Crippen LogP contribution >= 0.6 is 0 Å². The number of hydrogen-bond donors (Lipinski definition) is 2. The van der Waals surface area contributed by atoms with E-state index in [0.29, 0.717) is 0 Å². The average Bonchev–Trinajstić information content (AvgIpc) is 2.93. The number of aromatic amines is 1. The highest BCUT2D eigenvalue weighted by atomic mass is 16.5. The standard InChI is InChI=1S/C17H17N3O3/c1-9-15-12(11-6-4-5-7-13(11)20-15)8-14(18-9)16(21)19-10(2)17(22)23-3/h4-8,10,20H,1-3H3,(H,19,21)/t10-/m0/s1. The van der Waals surface area contributed by atoms with Crippen molar-refractivity contribution in [2.45, 2.75) is 19.9 Å². The van der Waals surface area contributed by atoms with E-state index in [9.17, 15) is 9.59 Å². The maximum absolute atomic E-state index is 12.3. The fourth-order valence-electron chi connectivity index (χ4n) is 2.63. The van der Waals surface area contributed by atoms with E-state index in [1.165, 1.54) is 7.11 Å². The maximum atomic E-state index is 12.3. The number of para-hydroxylation sites is 1. The minimum absolute atomic E-state index is 0.274. The van der Waals surface area contributed by atoms with E-state index < -0.39 is 17.9 Å². The normalized spacial score (nSPS) is 12.3. The van der Waals surface area contributed by atoms with Gasteiger partial charge in [-0.15, -0.1) is 0 Å². The highest BCUT2D eigenvalue weighted by Gasteiger charge is 2.19. The number of nitrogens with one attached hydrogen (secondary N) is 2. The van der Waals surface area contributed by atoms with Crippen molar-refractivity contribution in [1.82, 2.24) is 15.3 Å². The molecule has 23 heavy (non-hydrogen) atoms. The Morgan fingerprint density at radius 2 is 2.00 bits per heavy atom. The number of fused-ring (bicyclic) bond motifs is 3. The summed E-state index contributed by atoms with van der Waals surface area (Å²) in [7, 11) is 1.28. The molecule has 0 aliphatic carbocycles. The lowest BCUT2D eigenvalue weighted by Gasteiger charge is -2.11. The summed E-state index contributed by atoms with van der Waals surface area (Å²) in [6.45, 7) is 3.42. The lowest BCUT2D eigenvalue weighted by Crippen LogP contribution is -2.39. The van der Waals surface area contributed by atoms with Gasteiger partial charge in [-0.3, -0.25) is 4.79 Å². The summed E-state index contributed by atoms with van der Waals surface area (Å²) in [5, 5.41) is 4.56. The second kappa shape index (κ2) is 5.72. The topological polar surface area (TPSA) is 84.1 Å². The summed E-state index contributed by atoms with van der Waals surface area (Å²) >= 11 is 0. The van der Waals surface area contributed by atoms with Crippen molar-refractivity contribution in [3.8, 4) is 0 Å². The van der Waals surface area contributed by atoms with E-state index in [0.717, 1.165) is 27.5 Å². The molecule has 118 valence electrons. The Labute approximate surface area is 132 Å². The molecule has 0 aliphatic heterocycles. The Balaban J connectivity index is 2.03. The van der Waals surface area contributed by atoms with Crippen molar-refractivity contribution in [2.24, 2.45) is 0 Å². The summed E-state index contributed by atoms with van der Waals surface area (Å²) in [5.41, 5.74) is 2.90. The van der Waals surface area contributed by atoms with Crippen molar-refractivity contribution < 1.29 is 14.3 Å². The summed E-state index contributed by atoms with van der Waals surface area (Å²) in [5.74, 6) is -0.901. The number of benzene rings is 1. The van der Waals surface area contributed by atoms with Gasteiger partial charge >= 0.3 is 5.97 Å². The van der Waals surface area contributed by atoms with Gasteiger partial charge in [0.15, 0.2) is 0 Å².